The molecule has 0 fully saturated rings. The smallest absolute Gasteiger partial charge is 0.161 e. The number of aromatic amines is 1. The van der Waals surface area contributed by atoms with Gasteiger partial charge in [0.1, 0.15) is 12.4 Å². The zero-order valence-electron chi connectivity index (χ0n) is 20.9. The molecule has 4 aromatic carbocycles. The number of fused-ring (bicyclic) bond motifs is 3. The first-order valence-corrected chi connectivity index (χ1v) is 12.5. The normalized spacial score (nSPS) is 12.3. The highest BCUT2D eigenvalue weighted by Crippen LogP contribution is 2.28. The number of hydrogen-bond acceptors (Lipinski definition) is 5. The summed E-state index contributed by atoms with van der Waals surface area (Å²) in [6, 6.07) is 29.3. The third-order valence-corrected chi connectivity index (χ3v) is 6.63. The van der Waals surface area contributed by atoms with E-state index in [-0.39, 0.29) is 5.75 Å². The molecule has 5 rings (SSSR count). The maximum Gasteiger partial charge on any atom is 0.161 e. The molecule has 6 heteroatoms. The van der Waals surface area contributed by atoms with Crippen LogP contribution in [0.4, 0.5) is 0 Å². The standard InChI is InChI=1S/C31H32N2O4/c1-36-29-11-4-5-12-30(29)37-18-17-33(20-22-13-15-24(34)16-14-22)21-25(35)19-23-7-6-9-27-26-8-2-3-10-28(26)32-31(23)27/h2-16,25,32,34-35H,17-21H2,1H3. The van der Waals surface area contributed by atoms with E-state index in [0.717, 1.165) is 22.2 Å². The van der Waals surface area contributed by atoms with E-state index in [0.29, 0.717) is 44.2 Å². The van der Waals surface area contributed by atoms with E-state index in [4.69, 9.17) is 9.47 Å². The van der Waals surface area contributed by atoms with Crippen LogP contribution < -0.4 is 9.47 Å². The van der Waals surface area contributed by atoms with Crippen LogP contribution in [-0.4, -0.2) is 53.0 Å². The number of ether oxygens (including phenoxy) is 2. The molecule has 0 aliphatic carbocycles. The Morgan fingerprint density at radius 2 is 1.57 bits per heavy atom. The summed E-state index contributed by atoms with van der Waals surface area (Å²) >= 11 is 0. The zero-order valence-corrected chi connectivity index (χ0v) is 20.9. The second-order valence-electron chi connectivity index (χ2n) is 9.27. The summed E-state index contributed by atoms with van der Waals surface area (Å²) in [5.74, 6) is 1.63. The van der Waals surface area contributed by atoms with Gasteiger partial charge in [-0.05, 0) is 41.5 Å². The highest BCUT2D eigenvalue weighted by atomic mass is 16.5. The molecule has 0 spiro atoms. The van der Waals surface area contributed by atoms with Crippen LogP contribution in [0.25, 0.3) is 21.8 Å². The van der Waals surface area contributed by atoms with Gasteiger partial charge in [0.25, 0.3) is 0 Å². The van der Waals surface area contributed by atoms with Crippen molar-refractivity contribution in [2.45, 2.75) is 19.1 Å². The van der Waals surface area contributed by atoms with Crippen LogP contribution in [0, 0.1) is 0 Å². The van der Waals surface area contributed by atoms with Crippen LogP contribution in [0.2, 0.25) is 0 Å². The number of para-hydroxylation sites is 4. The molecule has 1 atom stereocenters. The third-order valence-electron chi connectivity index (χ3n) is 6.63. The van der Waals surface area contributed by atoms with Crippen molar-refractivity contribution in [1.82, 2.24) is 9.88 Å². The zero-order chi connectivity index (χ0) is 25.6. The Balaban J connectivity index is 1.30. The van der Waals surface area contributed by atoms with E-state index in [1.165, 1.54) is 10.8 Å². The Labute approximate surface area is 216 Å². The monoisotopic (exact) mass is 496 g/mol. The molecule has 0 aliphatic heterocycles. The molecule has 0 aliphatic rings. The number of phenols is 1. The number of aromatic hydroxyl groups is 1. The van der Waals surface area contributed by atoms with Crippen molar-refractivity contribution in [3.8, 4) is 17.2 Å². The Morgan fingerprint density at radius 1 is 0.838 bits per heavy atom. The average Bonchev–Trinajstić information content (AvgIpc) is 3.30. The number of methoxy groups -OCH3 is 1. The molecular formula is C31H32N2O4. The molecule has 0 saturated carbocycles. The van der Waals surface area contributed by atoms with E-state index >= 15 is 0 Å². The predicted octanol–water partition coefficient (Wildman–Crippen LogP) is 5.52. The van der Waals surface area contributed by atoms with Gasteiger partial charge in [0.15, 0.2) is 11.5 Å². The van der Waals surface area contributed by atoms with Crippen molar-refractivity contribution >= 4 is 21.8 Å². The molecule has 0 bridgehead atoms. The molecule has 0 radical (unpaired) electrons. The van der Waals surface area contributed by atoms with Gasteiger partial charge in [-0.25, -0.2) is 0 Å². The highest BCUT2D eigenvalue weighted by molar-refractivity contribution is 6.08. The summed E-state index contributed by atoms with van der Waals surface area (Å²) in [5, 5.41) is 23.2. The molecule has 1 aromatic heterocycles. The lowest BCUT2D eigenvalue weighted by Crippen LogP contribution is -2.36. The fourth-order valence-electron chi connectivity index (χ4n) is 4.84. The minimum atomic E-state index is -0.569. The molecule has 3 N–H and O–H groups in total. The summed E-state index contributed by atoms with van der Waals surface area (Å²) in [4.78, 5) is 5.71. The minimum Gasteiger partial charge on any atom is -0.508 e. The van der Waals surface area contributed by atoms with E-state index < -0.39 is 6.10 Å². The molecule has 190 valence electrons. The molecule has 37 heavy (non-hydrogen) atoms. The van der Waals surface area contributed by atoms with Crippen LogP contribution in [0.15, 0.2) is 91.0 Å². The number of aromatic nitrogens is 1. The van der Waals surface area contributed by atoms with Gasteiger partial charge in [-0.3, -0.25) is 4.90 Å². The van der Waals surface area contributed by atoms with E-state index in [1.807, 2.05) is 48.5 Å². The van der Waals surface area contributed by atoms with Gasteiger partial charge >= 0.3 is 0 Å². The number of H-pyrrole nitrogens is 1. The van der Waals surface area contributed by atoms with Gasteiger partial charge in [-0.1, -0.05) is 60.7 Å². The van der Waals surface area contributed by atoms with E-state index in [9.17, 15) is 10.2 Å². The van der Waals surface area contributed by atoms with Gasteiger partial charge in [-0.2, -0.15) is 0 Å². The fraction of sp³-hybridized carbons (Fsp3) is 0.226. The second-order valence-corrected chi connectivity index (χ2v) is 9.27. The van der Waals surface area contributed by atoms with Crippen LogP contribution in [-0.2, 0) is 13.0 Å². The first-order valence-electron chi connectivity index (χ1n) is 12.5. The van der Waals surface area contributed by atoms with Crippen molar-refractivity contribution in [3.63, 3.8) is 0 Å². The van der Waals surface area contributed by atoms with Crippen molar-refractivity contribution < 1.29 is 19.7 Å². The summed E-state index contributed by atoms with van der Waals surface area (Å²) in [5.41, 5.74) is 4.32. The van der Waals surface area contributed by atoms with E-state index in [2.05, 4.69) is 40.2 Å². The van der Waals surface area contributed by atoms with Crippen molar-refractivity contribution in [3.05, 3.63) is 102 Å². The Hall–Kier alpha value is -4.00. The lowest BCUT2D eigenvalue weighted by atomic mass is 10.0. The number of hydrogen-bond donors (Lipinski definition) is 3. The highest BCUT2D eigenvalue weighted by Gasteiger charge is 2.16. The Morgan fingerprint density at radius 3 is 2.38 bits per heavy atom. The number of aliphatic hydroxyl groups is 1. The van der Waals surface area contributed by atoms with Gasteiger partial charge in [0, 0.05) is 47.9 Å². The van der Waals surface area contributed by atoms with Crippen molar-refractivity contribution in [2.24, 2.45) is 0 Å². The number of benzene rings is 4. The molecular weight excluding hydrogens is 464 g/mol. The Kier molecular flexibility index (Phi) is 7.59. The topological polar surface area (TPSA) is 78.0 Å². The van der Waals surface area contributed by atoms with Gasteiger partial charge in [0.2, 0.25) is 0 Å². The van der Waals surface area contributed by atoms with Crippen LogP contribution in [0.3, 0.4) is 0 Å². The number of nitrogens with zero attached hydrogens (tertiary/aromatic N) is 1. The van der Waals surface area contributed by atoms with Gasteiger partial charge in [0.05, 0.1) is 13.2 Å². The number of rotatable bonds is 11. The van der Waals surface area contributed by atoms with Crippen LogP contribution in [0.5, 0.6) is 17.2 Å². The molecule has 6 nitrogen and oxygen atoms in total. The first kappa shape index (κ1) is 24.7. The molecule has 5 aromatic rings. The predicted molar refractivity (Wildman–Crippen MR) is 147 cm³/mol. The SMILES string of the molecule is COc1ccccc1OCCN(Cc1ccc(O)cc1)CC(O)Cc1cccc2c1[nH]c1ccccc12. The fourth-order valence-corrected chi connectivity index (χ4v) is 4.84. The Bertz CT molecular complexity index is 1460. The summed E-state index contributed by atoms with van der Waals surface area (Å²) in [6.45, 7) is 2.17. The largest absolute Gasteiger partial charge is 0.508 e. The van der Waals surface area contributed by atoms with Crippen LogP contribution >= 0.6 is 0 Å². The number of nitrogens with one attached hydrogen (secondary N) is 1. The number of aliphatic hydroxyl groups excluding tert-OH is 1. The molecule has 0 amide bonds. The second kappa shape index (κ2) is 11.4. The number of phenolic OH excluding ortho intramolecular Hbond substituents is 1. The van der Waals surface area contributed by atoms with Crippen LogP contribution in [0.1, 0.15) is 11.1 Å². The maximum absolute atomic E-state index is 11.2. The summed E-state index contributed by atoms with van der Waals surface area (Å²) in [6.07, 6.45) is -0.0377. The lowest BCUT2D eigenvalue weighted by Gasteiger charge is -2.25. The molecule has 1 heterocycles. The van der Waals surface area contributed by atoms with Gasteiger partial charge in [-0.15, -0.1) is 0 Å². The third kappa shape index (κ3) is 5.88. The summed E-state index contributed by atoms with van der Waals surface area (Å²) in [7, 11) is 1.63. The molecule has 1 unspecified atom stereocenters. The lowest BCUT2D eigenvalue weighted by molar-refractivity contribution is 0.0982. The first-order chi connectivity index (χ1) is 18.1. The van der Waals surface area contributed by atoms with Gasteiger partial charge < -0.3 is 24.7 Å². The minimum absolute atomic E-state index is 0.237. The van der Waals surface area contributed by atoms with Crippen molar-refractivity contribution in [1.29, 1.82) is 0 Å². The summed E-state index contributed by atoms with van der Waals surface area (Å²) < 4.78 is 11.4. The van der Waals surface area contributed by atoms with E-state index in [1.54, 1.807) is 19.2 Å². The maximum atomic E-state index is 11.2. The average molecular weight is 497 g/mol. The quantitative estimate of drug-likeness (QED) is 0.224. The molecule has 0 saturated heterocycles. The van der Waals surface area contributed by atoms with Crippen molar-refractivity contribution in [2.75, 3.05) is 26.8 Å².